The molecule has 3 aliphatic rings. The summed E-state index contributed by atoms with van der Waals surface area (Å²) < 4.78 is 5.54. The number of piperidine rings is 1. The monoisotopic (exact) mass is 394 g/mol. The molecule has 3 amide bonds. The molecule has 146 valence electrons. The van der Waals surface area contributed by atoms with Crippen LogP contribution in [0, 0.1) is 0 Å². The number of hydrogen-bond donors (Lipinski definition) is 2. The molecule has 1 aromatic carbocycles. The molecule has 0 aliphatic carbocycles. The Morgan fingerprint density at radius 3 is 2.56 bits per heavy atom. The van der Waals surface area contributed by atoms with Gasteiger partial charge >= 0.3 is 0 Å². The summed E-state index contributed by atoms with van der Waals surface area (Å²) in [6.45, 7) is 3.86. The van der Waals surface area contributed by atoms with Gasteiger partial charge in [0.1, 0.15) is 11.8 Å². The zero-order valence-electron chi connectivity index (χ0n) is 15.1. The number of anilines is 1. The Morgan fingerprint density at radius 1 is 1.15 bits per heavy atom. The van der Waals surface area contributed by atoms with Crippen LogP contribution in [0.5, 0.6) is 5.75 Å². The number of halogens is 1. The summed E-state index contributed by atoms with van der Waals surface area (Å²) in [5, 5.41) is 5.64. The summed E-state index contributed by atoms with van der Waals surface area (Å²) in [6, 6.07) is 3.25. The number of methoxy groups -OCH3 is 1. The second-order valence-electron chi connectivity index (χ2n) is 6.81. The molecule has 3 aliphatic heterocycles. The fraction of sp³-hybridized carbons (Fsp3) is 0.500. The quantitative estimate of drug-likeness (QED) is 0.716. The van der Waals surface area contributed by atoms with E-state index in [0.29, 0.717) is 24.3 Å². The topological polar surface area (TPSA) is 91.0 Å². The van der Waals surface area contributed by atoms with Crippen LogP contribution >= 0.6 is 12.4 Å². The molecule has 2 N–H and O–H groups in total. The molecule has 0 spiro atoms. The molecule has 1 unspecified atom stereocenters. The van der Waals surface area contributed by atoms with Crippen molar-refractivity contribution in [3.8, 4) is 5.75 Å². The first-order valence-corrected chi connectivity index (χ1v) is 8.89. The van der Waals surface area contributed by atoms with Crippen LogP contribution in [-0.4, -0.2) is 62.0 Å². The summed E-state index contributed by atoms with van der Waals surface area (Å²) in [5.41, 5.74) is 2.35. The number of benzene rings is 1. The van der Waals surface area contributed by atoms with Crippen molar-refractivity contribution in [2.75, 3.05) is 38.2 Å². The molecule has 1 atom stereocenters. The van der Waals surface area contributed by atoms with E-state index in [9.17, 15) is 14.4 Å². The largest absolute Gasteiger partial charge is 0.496 e. The van der Waals surface area contributed by atoms with E-state index < -0.39 is 11.9 Å². The molecule has 0 bridgehead atoms. The Balaban J connectivity index is 0.00000210. The lowest BCUT2D eigenvalue weighted by molar-refractivity contribution is -0.136. The second kappa shape index (κ2) is 7.74. The zero-order valence-corrected chi connectivity index (χ0v) is 15.9. The molecule has 0 aromatic heterocycles. The van der Waals surface area contributed by atoms with E-state index in [1.54, 1.807) is 12.0 Å². The van der Waals surface area contributed by atoms with E-state index in [4.69, 9.17) is 4.74 Å². The average molecular weight is 395 g/mol. The van der Waals surface area contributed by atoms with E-state index in [1.165, 1.54) is 0 Å². The first-order chi connectivity index (χ1) is 12.6. The highest BCUT2D eigenvalue weighted by Crippen LogP contribution is 2.37. The van der Waals surface area contributed by atoms with Crippen LogP contribution in [0.3, 0.4) is 0 Å². The normalized spacial score (nSPS) is 22.3. The number of ether oxygens (including phenoxy) is 1. The van der Waals surface area contributed by atoms with Crippen LogP contribution in [0.25, 0.3) is 0 Å². The van der Waals surface area contributed by atoms with Crippen LogP contribution in [0.1, 0.15) is 28.8 Å². The van der Waals surface area contributed by atoms with Crippen LogP contribution in [-0.2, 0) is 16.1 Å². The van der Waals surface area contributed by atoms with Gasteiger partial charge in [-0.25, -0.2) is 0 Å². The van der Waals surface area contributed by atoms with Gasteiger partial charge in [0.25, 0.3) is 5.91 Å². The molecule has 2 saturated heterocycles. The maximum atomic E-state index is 13.0. The van der Waals surface area contributed by atoms with Gasteiger partial charge in [0.15, 0.2) is 0 Å². The van der Waals surface area contributed by atoms with Crippen molar-refractivity contribution < 1.29 is 19.1 Å². The molecular formula is C18H23ClN4O4. The van der Waals surface area contributed by atoms with E-state index >= 15 is 0 Å². The Bertz CT molecular complexity index is 779. The third kappa shape index (κ3) is 3.46. The first kappa shape index (κ1) is 19.4. The molecule has 2 fully saturated rings. The summed E-state index contributed by atoms with van der Waals surface area (Å²) in [7, 11) is 1.59. The summed E-state index contributed by atoms with van der Waals surface area (Å²) in [5.74, 6) is -0.193. The van der Waals surface area contributed by atoms with Gasteiger partial charge in [-0.05, 0) is 12.5 Å². The summed E-state index contributed by atoms with van der Waals surface area (Å²) >= 11 is 0. The highest BCUT2D eigenvalue weighted by atomic mass is 35.5. The van der Waals surface area contributed by atoms with Gasteiger partial charge in [-0.2, -0.15) is 0 Å². The number of carbonyl (C=O) groups is 3. The number of carbonyl (C=O) groups excluding carboxylic acids is 3. The van der Waals surface area contributed by atoms with Gasteiger partial charge < -0.3 is 19.9 Å². The number of rotatable bonds is 3. The number of nitrogens with zero attached hydrogens (tertiary/aromatic N) is 2. The number of hydrogen-bond acceptors (Lipinski definition) is 6. The number of fused-ring (bicyclic) bond motifs is 1. The van der Waals surface area contributed by atoms with Crippen molar-refractivity contribution in [3.63, 3.8) is 0 Å². The minimum atomic E-state index is -0.611. The summed E-state index contributed by atoms with van der Waals surface area (Å²) in [6.07, 6.45) is 0.608. The van der Waals surface area contributed by atoms with Crippen LogP contribution in [0.4, 0.5) is 5.69 Å². The summed E-state index contributed by atoms with van der Waals surface area (Å²) in [4.78, 5) is 40.3. The van der Waals surface area contributed by atoms with E-state index in [2.05, 4.69) is 15.5 Å². The Kier molecular flexibility index (Phi) is 5.57. The van der Waals surface area contributed by atoms with Crippen molar-refractivity contribution in [2.24, 2.45) is 0 Å². The molecule has 4 rings (SSSR count). The molecule has 0 radical (unpaired) electrons. The highest BCUT2D eigenvalue weighted by Gasteiger charge is 2.40. The van der Waals surface area contributed by atoms with Crippen molar-refractivity contribution in [1.82, 2.24) is 15.5 Å². The standard InChI is InChI=1S/C18H22N4O4.ClH/c1-26-15-9-11(21-6-4-19-5-7-21)8-12-13(15)10-22(18(12)25)14-2-3-16(23)20-17(14)24;/h8-9,14,19H,2-7,10H2,1H3,(H,20,23,24);1H. The van der Waals surface area contributed by atoms with E-state index in [-0.39, 0.29) is 30.6 Å². The Labute approximate surface area is 163 Å². The minimum Gasteiger partial charge on any atom is -0.496 e. The molecule has 3 heterocycles. The maximum Gasteiger partial charge on any atom is 0.255 e. The molecule has 27 heavy (non-hydrogen) atoms. The lowest BCUT2D eigenvalue weighted by atomic mass is 10.0. The fourth-order valence-corrected chi connectivity index (χ4v) is 3.90. The first-order valence-electron chi connectivity index (χ1n) is 8.89. The average Bonchev–Trinajstić information content (AvgIpc) is 2.98. The van der Waals surface area contributed by atoms with Crippen molar-refractivity contribution >= 4 is 35.8 Å². The highest BCUT2D eigenvalue weighted by molar-refractivity contribution is 6.06. The Hall–Kier alpha value is -2.32. The van der Waals surface area contributed by atoms with Crippen molar-refractivity contribution in [2.45, 2.75) is 25.4 Å². The zero-order chi connectivity index (χ0) is 18.3. The van der Waals surface area contributed by atoms with Gasteiger partial charge in [-0.3, -0.25) is 19.7 Å². The van der Waals surface area contributed by atoms with Gasteiger partial charge in [0, 0.05) is 49.9 Å². The number of nitrogens with one attached hydrogen (secondary N) is 2. The second-order valence-corrected chi connectivity index (χ2v) is 6.81. The molecule has 9 heteroatoms. The predicted molar refractivity (Wildman–Crippen MR) is 101 cm³/mol. The van der Waals surface area contributed by atoms with Crippen LogP contribution in [0.2, 0.25) is 0 Å². The fourth-order valence-electron chi connectivity index (χ4n) is 3.90. The minimum absolute atomic E-state index is 0. The predicted octanol–water partition coefficient (Wildman–Crippen LogP) is 0.288. The number of imide groups is 1. The molecular weight excluding hydrogens is 372 g/mol. The van der Waals surface area contributed by atoms with Crippen molar-refractivity contribution in [1.29, 1.82) is 0 Å². The smallest absolute Gasteiger partial charge is 0.255 e. The van der Waals surface area contributed by atoms with E-state index in [1.807, 2.05) is 12.1 Å². The van der Waals surface area contributed by atoms with Crippen LogP contribution < -0.4 is 20.3 Å². The molecule has 0 saturated carbocycles. The molecule has 8 nitrogen and oxygen atoms in total. The van der Waals surface area contributed by atoms with Gasteiger partial charge in [0.05, 0.1) is 19.2 Å². The van der Waals surface area contributed by atoms with Gasteiger partial charge in [-0.15, -0.1) is 12.4 Å². The maximum absolute atomic E-state index is 13.0. The number of piperazine rings is 1. The lowest BCUT2D eigenvalue weighted by Gasteiger charge is -2.30. The van der Waals surface area contributed by atoms with Crippen molar-refractivity contribution in [3.05, 3.63) is 23.3 Å². The SMILES string of the molecule is COc1cc(N2CCNCC2)cc2c1CN(C1CCC(=O)NC1=O)C2=O.Cl. The molecule has 1 aromatic rings. The number of amides is 3. The Morgan fingerprint density at radius 2 is 1.89 bits per heavy atom. The lowest BCUT2D eigenvalue weighted by Crippen LogP contribution is -2.52. The van der Waals surface area contributed by atoms with Crippen LogP contribution in [0.15, 0.2) is 12.1 Å². The third-order valence-electron chi connectivity index (χ3n) is 5.30. The van der Waals surface area contributed by atoms with Gasteiger partial charge in [0.2, 0.25) is 11.8 Å². The van der Waals surface area contributed by atoms with E-state index in [0.717, 1.165) is 37.4 Å². The van der Waals surface area contributed by atoms with Gasteiger partial charge in [-0.1, -0.05) is 0 Å². The third-order valence-corrected chi connectivity index (χ3v) is 5.30.